The van der Waals surface area contributed by atoms with Crippen molar-refractivity contribution in [2.24, 2.45) is 0 Å². The van der Waals surface area contributed by atoms with Gasteiger partial charge in [-0.1, -0.05) is 24.1 Å². The monoisotopic (exact) mass is 235 g/mol. The van der Waals surface area contributed by atoms with E-state index < -0.39 is 0 Å². The zero-order chi connectivity index (χ0) is 11.4. The maximum Gasteiger partial charge on any atom is 0.206 e. The normalized spacial score (nSPS) is 16.4. The van der Waals surface area contributed by atoms with Crippen LogP contribution in [-0.4, -0.2) is 10.8 Å². The Labute approximate surface area is 100 Å². The van der Waals surface area contributed by atoms with E-state index >= 15 is 0 Å². The summed E-state index contributed by atoms with van der Waals surface area (Å²) in [4.78, 5) is 16.2. The van der Waals surface area contributed by atoms with Gasteiger partial charge in [-0.25, -0.2) is 0 Å². The Bertz CT molecular complexity index is 408. The minimum absolute atomic E-state index is 0.0542. The van der Waals surface area contributed by atoms with Crippen molar-refractivity contribution < 1.29 is 4.79 Å². The van der Waals surface area contributed by atoms with Crippen molar-refractivity contribution in [3.8, 4) is 0 Å². The van der Waals surface area contributed by atoms with E-state index in [0.717, 1.165) is 24.8 Å². The summed E-state index contributed by atoms with van der Waals surface area (Å²) < 4.78 is 0. The Morgan fingerprint density at radius 3 is 2.88 bits per heavy atom. The topological polar surface area (TPSA) is 30.0 Å². The van der Waals surface area contributed by atoms with E-state index in [2.05, 4.69) is 11.1 Å². The molecule has 0 aliphatic heterocycles. The number of hydrogen-bond acceptors (Lipinski definition) is 2. The van der Waals surface area contributed by atoms with Crippen LogP contribution >= 0.6 is 11.6 Å². The van der Waals surface area contributed by atoms with Crippen molar-refractivity contribution in [1.29, 1.82) is 0 Å². The SMILES string of the molecule is O=C(C1=CCCCCC1)c1ccc(Cl)cn1. The first-order valence-corrected chi connectivity index (χ1v) is 6.00. The molecule has 84 valence electrons. The highest BCUT2D eigenvalue weighted by Gasteiger charge is 2.14. The van der Waals surface area contributed by atoms with E-state index in [4.69, 9.17) is 11.6 Å². The summed E-state index contributed by atoms with van der Waals surface area (Å²) in [6.45, 7) is 0. The fourth-order valence-corrected chi connectivity index (χ4v) is 2.01. The van der Waals surface area contributed by atoms with Gasteiger partial charge in [0.25, 0.3) is 0 Å². The summed E-state index contributed by atoms with van der Waals surface area (Å²) in [5, 5.41) is 0.561. The molecule has 1 aromatic heterocycles. The lowest BCUT2D eigenvalue weighted by atomic mass is 10.0. The number of pyridine rings is 1. The van der Waals surface area contributed by atoms with Crippen LogP contribution in [0.15, 0.2) is 30.0 Å². The number of ketones is 1. The molecule has 0 radical (unpaired) electrons. The highest BCUT2D eigenvalue weighted by atomic mass is 35.5. The number of Topliss-reactive ketones (excluding diaryl/α,β-unsaturated/α-hetero) is 1. The lowest BCUT2D eigenvalue weighted by Crippen LogP contribution is -2.05. The number of carbonyl (C=O) groups is 1. The van der Waals surface area contributed by atoms with Crippen molar-refractivity contribution in [3.05, 3.63) is 40.7 Å². The average Bonchev–Trinajstić information content (AvgIpc) is 2.57. The number of rotatable bonds is 2. The number of carbonyl (C=O) groups excluding carboxylic acids is 1. The summed E-state index contributed by atoms with van der Waals surface area (Å²) in [5.41, 5.74) is 1.41. The van der Waals surface area contributed by atoms with E-state index in [9.17, 15) is 4.79 Å². The number of halogens is 1. The minimum atomic E-state index is 0.0542. The fraction of sp³-hybridized carbons (Fsp3) is 0.385. The smallest absolute Gasteiger partial charge is 0.206 e. The Morgan fingerprint density at radius 1 is 1.25 bits per heavy atom. The second-order valence-electron chi connectivity index (χ2n) is 4.02. The number of hydrogen-bond donors (Lipinski definition) is 0. The van der Waals surface area contributed by atoms with Gasteiger partial charge >= 0.3 is 0 Å². The fourth-order valence-electron chi connectivity index (χ4n) is 1.90. The summed E-state index contributed by atoms with van der Waals surface area (Å²) in [6, 6.07) is 3.40. The predicted molar refractivity (Wildman–Crippen MR) is 64.7 cm³/mol. The molecule has 1 heterocycles. The third-order valence-corrected chi connectivity index (χ3v) is 3.02. The van der Waals surface area contributed by atoms with E-state index in [1.54, 1.807) is 12.1 Å². The van der Waals surface area contributed by atoms with Gasteiger partial charge in [-0.2, -0.15) is 0 Å². The van der Waals surface area contributed by atoms with Crippen LogP contribution in [0.25, 0.3) is 0 Å². The number of nitrogens with zero attached hydrogens (tertiary/aromatic N) is 1. The van der Waals surface area contributed by atoms with Crippen LogP contribution in [0, 0.1) is 0 Å². The zero-order valence-electron chi connectivity index (χ0n) is 9.08. The van der Waals surface area contributed by atoms with Crippen LogP contribution in [0.4, 0.5) is 0 Å². The molecule has 0 spiro atoms. The minimum Gasteiger partial charge on any atom is -0.287 e. The molecule has 2 nitrogen and oxygen atoms in total. The summed E-state index contributed by atoms with van der Waals surface area (Å²) in [5.74, 6) is 0.0542. The van der Waals surface area contributed by atoms with Crippen molar-refractivity contribution in [1.82, 2.24) is 4.98 Å². The molecule has 0 amide bonds. The summed E-state index contributed by atoms with van der Waals surface area (Å²) in [7, 11) is 0. The van der Waals surface area contributed by atoms with E-state index in [0.29, 0.717) is 10.7 Å². The first kappa shape index (κ1) is 11.3. The van der Waals surface area contributed by atoms with Gasteiger partial charge in [0.15, 0.2) is 0 Å². The highest BCUT2D eigenvalue weighted by molar-refractivity contribution is 6.30. The van der Waals surface area contributed by atoms with Gasteiger partial charge in [-0.15, -0.1) is 0 Å². The molecule has 2 rings (SSSR count). The molecular weight excluding hydrogens is 222 g/mol. The molecule has 16 heavy (non-hydrogen) atoms. The maximum atomic E-state index is 12.1. The quantitative estimate of drug-likeness (QED) is 0.730. The second kappa shape index (κ2) is 5.26. The molecule has 1 aromatic rings. The Kier molecular flexibility index (Phi) is 3.73. The molecule has 0 atom stereocenters. The van der Waals surface area contributed by atoms with Crippen LogP contribution in [-0.2, 0) is 0 Å². The number of allylic oxidation sites excluding steroid dienone is 2. The molecule has 0 bridgehead atoms. The van der Waals surface area contributed by atoms with E-state index in [1.165, 1.54) is 19.0 Å². The summed E-state index contributed by atoms with van der Waals surface area (Å²) in [6.07, 6.45) is 8.97. The first-order chi connectivity index (χ1) is 7.77. The molecule has 0 saturated carbocycles. The molecule has 0 saturated heterocycles. The van der Waals surface area contributed by atoms with Crippen LogP contribution < -0.4 is 0 Å². The first-order valence-electron chi connectivity index (χ1n) is 5.62. The lowest BCUT2D eigenvalue weighted by Gasteiger charge is -2.03. The largest absolute Gasteiger partial charge is 0.287 e. The third-order valence-electron chi connectivity index (χ3n) is 2.79. The van der Waals surface area contributed by atoms with Crippen LogP contribution in [0.5, 0.6) is 0 Å². The van der Waals surface area contributed by atoms with Crippen molar-refractivity contribution in [2.45, 2.75) is 32.1 Å². The van der Waals surface area contributed by atoms with E-state index in [1.807, 2.05) is 0 Å². The second-order valence-corrected chi connectivity index (χ2v) is 4.46. The van der Waals surface area contributed by atoms with Gasteiger partial charge in [0, 0.05) is 6.20 Å². The van der Waals surface area contributed by atoms with Gasteiger partial charge in [0.05, 0.1) is 5.02 Å². The zero-order valence-corrected chi connectivity index (χ0v) is 9.83. The molecule has 0 aromatic carbocycles. The summed E-state index contributed by atoms with van der Waals surface area (Å²) >= 11 is 5.74. The average molecular weight is 236 g/mol. The molecule has 3 heteroatoms. The standard InChI is InChI=1S/C13H14ClNO/c14-11-7-8-12(15-9-11)13(16)10-5-3-1-2-4-6-10/h5,7-9H,1-4,6H2. The van der Waals surface area contributed by atoms with Gasteiger partial charge in [0.1, 0.15) is 5.69 Å². The van der Waals surface area contributed by atoms with E-state index in [-0.39, 0.29) is 5.78 Å². The van der Waals surface area contributed by atoms with Gasteiger partial charge in [-0.3, -0.25) is 9.78 Å². The molecular formula is C13H14ClNO. The highest BCUT2D eigenvalue weighted by Crippen LogP contribution is 2.20. The molecule has 0 fully saturated rings. The van der Waals surface area contributed by atoms with Gasteiger partial charge < -0.3 is 0 Å². The molecule has 1 aliphatic rings. The van der Waals surface area contributed by atoms with Gasteiger partial charge in [-0.05, 0) is 43.4 Å². The van der Waals surface area contributed by atoms with Crippen LogP contribution in [0.1, 0.15) is 42.6 Å². The van der Waals surface area contributed by atoms with Crippen molar-refractivity contribution in [2.75, 3.05) is 0 Å². The Hall–Kier alpha value is -1.15. The molecule has 0 N–H and O–H groups in total. The third kappa shape index (κ3) is 2.70. The predicted octanol–water partition coefficient (Wildman–Crippen LogP) is 3.81. The van der Waals surface area contributed by atoms with Crippen molar-refractivity contribution in [3.63, 3.8) is 0 Å². The number of aromatic nitrogens is 1. The van der Waals surface area contributed by atoms with Crippen LogP contribution in [0.2, 0.25) is 5.02 Å². The van der Waals surface area contributed by atoms with Crippen LogP contribution in [0.3, 0.4) is 0 Å². The van der Waals surface area contributed by atoms with Crippen molar-refractivity contribution >= 4 is 17.4 Å². The molecule has 0 unspecified atom stereocenters. The van der Waals surface area contributed by atoms with Gasteiger partial charge in [0.2, 0.25) is 5.78 Å². The Balaban J connectivity index is 2.17. The Morgan fingerprint density at radius 2 is 2.12 bits per heavy atom. The maximum absolute atomic E-state index is 12.1. The molecule has 1 aliphatic carbocycles. The lowest BCUT2D eigenvalue weighted by molar-refractivity contribution is 0.102.